The molecule has 0 aliphatic carbocycles. The van der Waals surface area contributed by atoms with Crippen LogP contribution >= 0.6 is 34.8 Å². The minimum atomic E-state index is -0.0912. The van der Waals surface area contributed by atoms with Crippen LogP contribution in [0.4, 0.5) is 0 Å². The second-order valence-corrected chi connectivity index (χ2v) is 7.33. The molecule has 0 N–H and O–H groups in total. The molecule has 128 valence electrons. The summed E-state index contributed by atoms with van der Waals surface area (Å²) in [5.74, 6) is 0.700. The predicted molar refractivity (Wildman–Crippen MR) is 111 cm³/mol. The number of amides is 1. The normalized spacial score (nSPS) is 16.0. The van der Waals surface area contributed by atoms with Gasteiger partial charge >= 0.3 is 0 Å². The molecule has 0 atom stereocenters. The van der Waals surface area contributed by atoms with Crippen molar-refractivity contribution < 1.29 is 9.53 Å². The summed E-state index contributed by atoms with van der Waals surface area (Å²) in [4.78, 5) is 15.4. The summed E-state index contributed by atoms with van der Waals surface area (Å²) in [7, 11) is 3.48. The lowest BCUT2D eigenvalue weighted by Gasteiger charge is -2.11. The fourth-order valence-electron chi connectivity index (χ4n) is 2.45. The van der Waals surface area contributed by atoms with E-state index in [-0.39, 0.29) is 5.91 Å². The Morgan fingerprint density at radius 1 is 1.04 bits per heavy atom. The Labute approximate surface area is 166 Å². The van der Waals surface area contributed by atoms with E-state index >= 15 is 0 Å². The topological polar surface area (TPSA) is 32.8 Å². The number of thiocarbonyl (C=S) groups is 1. The summed E-state index contributed by atoms with van der Waals surface area (Å²) >= 11 is 7.49. The predicted octanol–water partition coefficient (Wildman–Crippen LogP) is 3.90. The molecule has 1 saturated heterocycles. The highest BCUT2D eigenvalue weighted by Gasteiger charge is 2.32. The molecule has 2 aromatic carbocycles. The average Bonchev–Trinajstić information content (AvgIpc) is 2.80. The Morgan fingerprint density at radius 2 is 1.68 bits per heavy atom. The Hall–Kier alpha value is -1.93. The van der Waals surface area contributed by atoms with Crippen molar-refractivity contribution in [2.75, 3.05) is 14.1 Å². The number of carbonyl (C=O) groups is 1. The highest BCUT2D eigenvalue weighted by atomic mass is 127. The van der Waals surface area contributed by atoms with Gasteiger partial charge in [0.05, 0.1) is 0 Å². The van der Waals surface area contributed by atoms with Crippen molar-refractivity contribution in [1.82, 2.24) is 9.80 Å². The second-order valence-electron chi connectivity index (χ2n) is 5.72. The molecular formula is C19H17IN2O2S. The van der Waals surface area contributed by atoms with Gasteiger partial charge in [-0.15, -0.1) is 0 Å². The van der Waals surface area contributed by atoms with Crippen LogP contribution in [-0.2, 0) is 11.4 Å². The van der Waals surface area contributed by atoms with Crippen LogP contribution in [0.3, 0.4) is 0 Å². The maximum atomic E-state index is 12.2. The van der Waals surface area contributed by atoms with Crippen LogP contribution in [0.25, 0.3) is 6.08 Å². The fourth-order valence-corrected chi connectivity index (χ4v) is 3.00. The van der Waals surface area contributed by atoms with E-state index in [0.29, 0.717) is 17.4 Å². The zero-order valence-corrected chi connectivity index (χ0v) is 16.9. The Balaban J connectivity index is 1.68. The van der Waals surface area contributed by atoms with Crippen molar-refractivity contribution in [1.29, 1.82) is 0 Å². The second kappa shape index (κ2) is 7.53. The van der Waals surface area contributed by atoms with Crippen molar-refractivity contribution in [3.05, 3.63) is 68.9 Å². The molecule has 0 bridgehead atoms. The largest absolute Gasteiger partial charge is 0.489 e. The van der Waals surface area contributed by atoms with E-state index in [9.17, 15) is 4.79 Å². The lowest BCUT2D eigenvalue weighted by molar-refractivity contribution is -0.121. The molecule has 1 fully saturated rings. The smallest absolute Gasteiger partial charge is 0.276 e. The molecule has 25 heavy (non-hydrogen) atoms. The molecule has 1 aliphatic heterocycles. The third kappa shape index (κ3) is 4.01. The van der Waals surface area contributed by atoms with Crippen molar-refractivity contribution in [3.63, 3.8) is 0 Å². The molecule has 2 aromatic rings. The van der Waals surface area contributed by atoms with Gasteiger partial charge in [0.2, 0.25) is 0 Å². The lowest BCUT2D eigenvalue weighted by Crippen LogP contribution is -2.26. The van der Waals surface area contributed by atoms with E-state index in [1.807, 2.05) is 30.3 Å². The van der Waals surface area contributed by atoms with Gasteiger partial charge in [0, 0.05) is 17.7 Å². The summed E-state index contributed by atoms with van der Waals surface area (Å²) in [5.41, 5.74) is 2.62. The number of benzene rings is 2. The number of hydrogen-bond donors (Lipinski definition) is 0. The summed E-state index contributed by atoms with van der Waals surface area (Å²) in [6.07, 6.45) is 1.83. The van der Waals surface area contributed by atoms with Gasteiger partial charge in [0.25, 0.3) is 5.91 Å². The average molecular weight is 464 g/mol. The first-order chi connectivity index (χ1) is 12.0. The summed E-state index contributed by atoms with van der Waals surface area (Å²) in [6, 6.07) is 15.9. The third-order valence-electron chi connectivity index (χ3n) is 3.96. The molecule has 3 rings (SSSR count). The number of nitrogens with zero attached hydrogens (tertiary/aromatic N) is 2. The summed E-state index contributed by atoms with van der Waals surface area (Å²) in [6.45, 7) is 0.525. The highest BCUT2D eigenvalue weighted by Crippen LogP contribution is 2.22. The van der Waals surface area contributed by atoms with E-state index in [4.69, 9.17) is 17.0 Å². The van der Waals surface area contributed by atoms with Gasteiger partial charge in [0.15, 0.2) is 5.11 Å². The zero-order valence-electron chi connectivity index (χ0n) is 13.9. The monoisotopic (exact) mass is 464 g/mol. The van der Waals surface area contributed by atoms with Gasteiger partial charge < -0.3 is 9.64 Å². The molecule has 0 saturated carbocycles. The molecule has 6 heteroatoms. The van der Waals surface area contributed by atoms with Gasteiger partial charge in [-0.1, -0.05) is 24.3 Å². The SMILES string of the molecule is CN1C(=O)/C(=C/c2ccc(OCc3ccc(I)cc3)cc2)N(C)C1=S. The Bertz CT molecular complexity index is 832. The molecule has 1 heterocycles. The van der Waals surface area contributed by atoms with Crippen LogP contribution in [0.1, 0.15) is 11.1 Å². The van der Waals surface area contributed by atoms with Crippen LogP contribution in [0.15, 0.2) is 54.2 Å². The first kappa shape index (κ1) is 17.9. The molecule has 0 unspecified atom stereocenters. The summed E-state index contributed by atoms with van der Waals surface area (Å²) in [5, 5.41) is 0.508. The van der Waals surface area contributed by atoms with E-state index in [1.165, 1.54) is 8.47 Å². The molecule has 1 amide bonds. The number of ether oxygens (including phenoxy) is 1. The van der Waals surface area contributed by atoms with Crippen molar-refractivity contribution in [2.45, 2.75) is 6.61 Å². The highest BCUT2D eigenvalue weighted by molar-refractivity contribution is 14.1. The van der Waals surface area contributed by atoms with Crippen LogP contribution in [0.2, 0.25) is 0 Å². The lowest BCUT2D eigenvalue weighted by atomic mass is 10.1. The molecule has 0 radical (unpaired) electrons. The maximum absolute atomic E-state index is 12.2. The van der Waals surface area contributed by atoms with Gasteiger partial charge in [-0.25, -0.2) is 0 Å². The number of halogens is 1. The van der Waals surface area contributed by atoms with E-state index in [1.54, 1.807) is 19.0 Å². The fraction of sp³-hybridized carbons (Fsp3) is 0.158. The van der Waals surface area contributed by atoms with Gasteiger partial charge in [0.1, 0.15) is 18.1 Å². The van der Waals surface area contributed by atoms with Gasteiger partial charge in [-0.3, -0.25) is 9.69 Å². The van der Waals surface area contributed by atoms with E-state index in [0.717, 1.165) is 16.9 Å². The van der Waals surface area contributed by atoms with E-state index in [2.05, 4.69) is 46.9 Å². The van der Waals surface area contributed by atoms with Crippen molar-refractivity contribution in [2.24, 2.45) is 0 Å². The number of hydrogen-bond acceptors (Lipinski definition) is 3. The first-order valence-electron chi connectivity index (χ1n) is 7.70. The van der Waals surface area contributed by atoms with Crippen LogP contribution < -0.4 is 4.74 Å². The van der Waals surface area contributed by atoms with Crippen molar-refractivity contribution in [3.8, 4) is 5.75 Å². The van der Waals surface area contributed by atoms with Crippen LogP contribution in [0, 0.1) is 3.57 Å². The van der Waals surface area contributed by atoms with E-state index < -0.39 is 0 Å². The minimum absolute atomic E-state index is 0.0912. The first-order valence-corrected chi connectivity index (χ1v) is 9.19. The van der Waals surface area contributed by atoms with Crippen LogP contribution in [-0.4, -0.2) is 34.9 Å². The minimum Gasteiger partial charge on any atom is -0.489 e. The van der Waals surface area contributed by atoms with Crippen molar-refractivity contribution >= 4 is 51.9 Å². The zero-order chi connectivity index (χ0) is 18.0. The molecule has 0 aromatic heterocycles. The number of rotatable bonds is 4. The third-order valence-corrected chi connectivity index (χ3v) is 5.23. The number of likely N-dealkylation sites (N-methyl/N-ethyl adjacent to an activating group) is 2. The molecule has 1 aliphatic rings. The van der Waals surface area contributed by atoms with Gasteiger partial charge in [-0.2, -0.15) is 0 Å². The number of carbonyl (C=O) groups excluding carboxylic acids is 1. The quantitative estimate of drug-likeness (QED) is 0.391. The van der Waals surface area contributed by atoms with Crippen LogP contribution in [0.5, 0.6) is 5.75 Å². The molecular weight excluding hydrogens is 447 g/mol. The van der Waals surface area contributed by atoms with Gasteiger partial charge in [-0.05, 0) is 76.3 Å². The molecule has 4 nitrogen and oxygen atoms in total. The standard InChI is InChI=1S/C19H17IN2O2S/c1-21-17(18(23)22(2)19(21)25)11-13-5-9-16(10-6-13)24-12-14-3-7-15(20)8-4-14/h3-11H,12H2,1-2H3/b17-11-. The molecule has 0 spiro atoms. The summed E-state index contributed by atoms with van der Waals surface area (Å²) < 4.78 is 7.01. The Kier molecular flexibility index (Phi) is 5.39. The maximum Gasteiger partial charge on any atom is 0.276 e. The Morgan fingerprint density at radius 3 is 2.24 bits per heavy atom.